The molecule has 0 unspecified atom stereocenters. The van der Waals surface area contributed by atoms with Crippen LogP contribution < -0.4 is 10.1 Å². The maximum absolute atomic E-state index is 12.6. The van der Waals surface area contributed by atoms with Crippen LogP contribution in [0.15, 0.2) is 12.1 Å². The molecule has 1 amide bonds. The minimum Gasteiger partial charge on any atom is -0.478 e. The van der Waals surface area contributed by atoms with Gasteiger partial charge in [-0.2, -0.15) is 0 Å². The second-order valence-electron chi connectivity index (χ2n) is 5.30. The van der Waals surface area contributed by atoms with Crippen molar-refractivity contribution in [2.75, 3.05) is 18.5 Å². The van der Waals surface area contributed by atoms with Crippen LogP contribution in [0, 0.1) is 6.92 Å². The minimum absolute atomic E-state index is 0.0593. The fraction of sp³-hybridized carbons (Fsp3) is 0.625. The number of aromatic nitrogens is 1. The number of carbonyl (C=O) groups excluding carboxylic acids is 1. The van der Waals surface area contributed by atoms with Gasteiger partial charge >= 0.3 is 0 Å². The molecule has 1 fully saturated rings. The average Bonchev–Trinajstić information content (AvgIpc) is 2.92. The highest BCUT2D eigenvalue weighted by Crippen LogP contribution is 2.34. The van der Waals surface area contributed by atoms with Crippen molar-refractivity contribution in [3.05, 3.63) is 17.8 Å². The Bertz CT molecular complexity index is 496. The highest BCUT2D eigenvalue weighted by Gasteiger charge is 2.42. The smallest absolute Gasteiger partial charge is 0.256 e. The first kappa shape index (κ1) is 15.8. The Morgan fingerprint density at radius 3 is 2.57 bits per heavy atom. The van der Waals surface area contributed by atoms with Crippen LogP contribution in [-0.2, 0) is 9.53 Å². The lowest BCUT2D eigenvalue weighted by Crippen LogP contribution is -2.43. The van der Waals surface area contributed by atoms with Gasteiger partial charge in [0.2, 0.25) is 5.88 Å². The molecule has 2 rings (SSSR count). The molecule has 1 aromatic rings. The molecule has 0 aromatic carbocycles. The number of nitrogens with zero attached hydrogens (tertiary/aromatic N) is 1. The van der Waals surface area contributed by atoms with E-state index in [-0.39, 0.29) is 5.91 Å². The van der Waals surface area contributed by atoms with E-state index in [1.165, 1.54) is 0 Å². The Morgan fingerprint density at radius 1 is 1.29 bits per heavy atom. The molecule has 0 radical (unpaired) electrons. The van der Waals surface area contributed by atoms with Crippen LogP contribution in [-0.4, -0.2) is 29.7 Å². The second-order valence-corrected chi connectivity index (χ2v) is 5.30. The fourth-order valence-electron chi connectivity index (χ4n) is 2.79. The molecule has 116 valence electrons. The number of hydrogen-bond donors (Lipinski definition) is 1. The Balaban J connectivity index is 2.11. The van der Waals surface area contributed by atoms with Crippen molar-refractivity contribution in [2.45, 2.75) is 52.1 Å². The largest absolute Gasteiger partial charge is 0.478 e. The van der Waals surface area contributed by atoms with Crippen LogP contribution in [0.4, 0.5) is 5.69 Å². The van der Waals surface area contributed by atoms with Gasteiger partial charge < -0.3 is 14.8 Å². The molecule has 5 nitrogen and oxygen atoms in total. The van der Waals surface area contributed by atoms with Gasteiger partial charge in [0.15, 0.2) is 0 Å². The molecule has 1 saturated carbocycles. The lowest BCUT2D eigenvalue weighted by molar-refractivity contribution is -0.140. The zero-order chi connectivity index (χ0) is 15.3. The van der Waals surface area contributed by atoms with Crippen LogP contribution in [0.25, 0.3) is 0 Å². The molecular weight excluding hydrogens is 268 g/mol. The normalized spacial score (nSPS) is 16.7. The first-order valence-electron chi connectivity index (χ1n) is 7.67. The molecule has 0 bridgehead atoms. The number of carbonyl (C=O) groups is 1. The van der Waals surface area contributed by atoms with Gasteiger partial charge in [-0.1, -0.05) is 0 Å². The van der Waals surface area contributed by atoms with E-state index in [1.807, 2.05) is 26.8 Å². The summed E-state index contributed by atoms with van der Waals surface area (Å²) in [5.74, 6) is 0.518. The van der Waals surface area contributed by atoms with Crippen LogP contribution >= 0.6 is 0 Å². The maximum Gasteiger partial charge on any atom is 0.256 e. The molecule has 1 aliphatic rings. The summed E-state index contributed by atoms with van der Waals surface area (Å²) < 4.78 is 11.1. The predicted molar refractivity (Wildman–Crippen MR) is 81.6 cm³/mol. The molecule has 5 heteroatoms. The quantitative estimate of drug-likeness (QED) is 0.875. The van der Waals surface area contributed by atoms with Gasteiger partial charge in [-0.3, -0.25) is 4.79 Å². The summed E-state index contributed by atoms with van der Waals surface area (Å²) in [4.78, 5) is 16.9. The molecule has 1 aromatic heterocycles. The molecule has 1 aliphatic carbocycles. The van der Waals surface area contributed by atoms with E-state index in [2.05, 4.69) is 10.3 Å². The third-order valence-corrected chi connectivity index (χ3v) is 3.85. The zero-order valence-electron chi connectivity index (χ0n) is 13.1. The van der Waals surface area contributed by atoms with E-state index in [9.17, 15) is 4.79 Å². The molecule has 0 atom stereocenters. The van der Waals surface area contributed by atoms with E-state index in [4.69, 9.17) is 9.47 Å². The Morgan fingerprint density at radius 2 is 2.00 bits per heavy atom. The van der Waals surface area contributed by atoms with Crippen molar-refractivity contribution in [1.82, 2.24) is 4.98 Å². The number of pyridine rings is 1. The molecule has 0 saturated heterocycles. The third-order valence-electron chi connectivity index (χ3n) is 3.85. The minimum atomic E-state index is -0.667. The van der Waals surface area contributed by atoms with Crippen molar-refractivity contribution >= 4 is 11.6 Å². The number of rotatable bonds is 6. The van der Waals surface area contributed by atoms with Gasteiger partial charge in [0.05, 0.1) is 18.0 Å². The van der Waals surface area contributed by atoms with Gasteiger partial charge in [0, 0.05) is 12.7 Å². The monoisotopic (exact) mass is 292 g/mol. The molecule has 0 spiro atoms. The number of amides is 1. The maximum atomic E-state index is 12.6. The third kappa shape index (κ3) is 3.53. The van der Waals surface area contributed by atoms with E-state index >= 15 is 0 Å². The van der Waals surface area contributed by atoms with E-state index in [1.54, 1.807) is 6.07 Å². The summed E-state index contributed by atoms with van der Waals surface area (Å²) >= 11 is 0. The molecule has 21 heavy (non-hydrogen) atoms. The summed E-state index contributed by atoms with van der Waals surface area (Å²) in [5.41, 5.74) is 0.799. The first-order valence-corrected chi connectivity index (χ1v) is 7.67. The fourth-order valence-corrected chi connectivity index (χ4v) is 2.79. The topological polar surface area (TPSA) is 60.5 Å². The van der Waals surface area contributed by atoms with Crippen LogP contribution in [0.5, 0.6) is 5.88 Å². The predicted octanol–water partition coefficient (Wildman–Crippen LogP) is 3.08. The van der Waals surface area contributed by atoms with Crippen LogP contribution in [0.2, 0.25) is 0 Å². The summed E-state index contributed by atoms with van der Waals surface area (Å²) in [7, 11) is 0. The highest BCUT2D eigenvalue weighted by molar-refractivity contribution is 5.98. The lowest BCUT2D eigenvalue weighted by Gasteiger charge is -2.27. The van der Waals surface area contributed by atoms with Crippen molar-refractivity contribution in [1.29, 1.82) is 0 Å². The Hall–Kier alpha value is -1.62. The van der Waals surface area contributed by atoms with Crippen molar-refractivity contribution in [2.24, 2.45) is 0 Å². The standard InChI is InChI=1S/C16H24N2O3/c1-4-20-14-9-8-13(12(3)17-14)18-15(19)16(21-5-2)10-6-7-11-16/h8-9H,4-7,10-11H2,1-3H3,(H,18,19). The summed E-state index contributed by atoms with van der Waals surface area (Å²) in [6.45, 7) is 6.83. The van der Waals surface area contributed by atoms with E-state index in [0.29, 0.717) is 19.1 Å². The summed E-state index contributed by atoms with van der Waals surface area (Å²) in [5, 5.41) is 2.97. The molecule has 0 aliphatic heterocycles. The van der Waals surface area contributed by atoms with E-state index < -0.39 is 5.60 Å². The Kier molecular flexibility index (Phi) is 5.17. The molecule has 1 heterocycles. The average molecular weight is 292 g/mol. The number of hydrogen-bond acceptors (Lipinski definition) is 4. The van der Waals surface area contributed by atoms with Gasteiger partial charge in [0.1, 0.15) is 5.60 Å². The number of aryl methyl sites for hydroxylation is 1. The van der Waals surface area contributed by atoms with E-state index in [0.717, 1.165) is 37.1 Å². The van der Waals surface area contributed by atoms with Crippen molar-refractivity contribution in [3.8, 4) is 5.88 Å². The van der Waals surface area contributed by atoms with Crippen LogP contribution in [0.3, 0.4) is 0 Å². The highest BCUT2D eigenvalue weighted by atomic mass is 16.5. The van der Waals surface area contributed by atoms with Gasteiger partial charge in [0.25, 0.3) is 5.91 Å². The molecular formula is C16H24N2O3. The second kappa shape index (κ2) is 6.89. The van der Waals surface area contributed by atoms with Gasteiger partial charge in [-0.05, 0) is 52.5 Å². The number of nitrogens with one attached hydrogen (secondary N) is 1. The molecule has 1 N–H and O–H groups in total. The van der Waals surface area contributed by atoms with Crippen LogP contribution in [0.1, 0.15) is 45.2 Å². The van der Waals surface area contributed by atoms with Crippen molar-refractivity contribution < 1.29 is 14.3 Å². The zero-order valence-corrected chi connectivity index (χ0v) is 13.1. The van der Waals surface area contributed by atoms with Gasteiger partial charge in [-0.25, -0.2) is 4.98 Å². The Labute approximate surface area is 126 Å². The van der Waals surface area contributed by atoms with Crippen molar-refractivity contribution in [3.63, 3.8) is 0 Å². The number of anilines is 1. The first-order chi connectivity index (χ1) is 10.1. The lowest BCUT2D eigenvalue weighted by atomic mass is 10.0. The van der Waals surface area contributed by atoms with Gasteiger partial charge in [-0.15, -0.1) is 0 Å². The number of ether oxygens (including phenoxy) is 2. The summed E-state index contributed by atoms with van der Waals surface area (Å²) in [6.07, 6.45) is 3.65. The summed E-state index contributed by atoms with van der Waals surface area (Å²) in [6, 6.07) is 3.61. The SMILES string of the molecule is CCOc1ccc(NC(=O)C2(OCC)CCCC2)c(C)n1.